The minimum absolute atomic E-state index is 0.124. The third kappa shape index (κ3) is 5.01. The van der Waals surface area contributed by atoms with Crippen molar-refractivity contribution in [3.8, 4) is 0 Å². The van der Waals surface area contributed by atoms with Gasteiger partial charge in [-0.05, 0) is 36.4 Å². The molecule has 6 nitrogen and oxygen atoms in total. The van der Waals surface area contributed by atoms with Gasteiger partial charge in [0, 0.05) is 12.6 Å². The molecule has 26 heavy (non-hydrogen) atoms. The van der Waals surface area contributed by atoms with Crippen LogP contribution in [0.5, 0.6) is 0 Å². The lowest BCUT2D eigenvalue weighted by Gasteiger charge is -2.16. The maximum Gasteiger partial charge on any atom is 0.255 e. The summed E-state index contributed by atoms with van der Waals surface area (Å²) in [5.41, 5.74) is 2.62. The second-order valence-electron chi connectivity index (χ2n) is 5.14. The van der Waals surface area contributed by atoms with Crippen LogP contribution in [0.3, 0.4) is 0 Å². The highest BCUT2D eigenvalue weighted by Crippen LogP contribution is 2.22. The molecule has 0 spiro atoms. The summed E-state index contributed by atoms with van der Waals surface area (Å²) in [6.07, 6.45) is 1.26. The van der Waals surface area contributed by atoms with Crippen molar-refractivity contribution in [3.05, 3.63) is 63.9 Å². The molecule has 0 unspecified atom stereocenters. The average Bonchev–Trinajstić information content (AvgIpc) is 2.58. The van der Waals surface area contributed by atoms with Gasteiger partial charge in [-0.2, -0.15) is 9.41 Å². The molecule has 2 rings (SSSR count). The van der Waals surface area contributed by atoms with E-state index in [0.29, 0.717) is 15.6 Å². The molecule has 0 aliphatic heterocycles. The predicted molar refractivity (Wildman–Crippen MR) is 98.4 cm³/mol. The fraction of sp³-hybridized carbons (Fsp3) is 0.125. The maximum absolute atomic E-state index is 12.9. The number of hydrazone groups is 1. The fourth-order valence-corrected chi connectivity index (χ4v) is 3.53. The van der Waals surface area contributed by atoms with Gasteiger partial charge in [0.2, 0.25) is 10.0 Å². The van der Waals surface area contributed by atoms with Crippen LogP contribution in [0.4, 0.5) is 4.39 Å². The predicted octanol–water partition coefficient (Wildman–Crippen LogP) is 2.90. The normalized spacial score (nSPS) is 11.9. The Kier molecular flexibility index (Phi) is 6.71. The highest BCUT2D eigenvalue weighted by Gasteiger charge is 2.22. The Morgan fingerprint density at radius 3 is 2.35 bits per heavy atom. The molecule has 2 aromatic rings. The Bertz CT molecular complexity index is 914. The number of amides is 1. The van der Waals surface area contributed by atoms with Crippen molar-refractivity contribution in [1.82, 2.24) is 9.73 Å². The first-order valence-electron chi connectivity index (χ1n) is 7.19. The molecule has 138 valence electrons. The van der Waals surface area contributed by atoms with Crippen LogP contribution < -0.4 is 5.43 Å². The second kappa shape index (κ2) is 8.59. The van der Waals surface area contributed by atoms with E-state index in [-0.39, 0.29) is 4.90 Å². The highest BCUT2D eigenvalue weighted by atomic mass is 35.5. The Morgan fingerprint density at radius 2 is 1.77 bits per heavy atom. The number of halogens is 3. The van der Waals surface area contributed by atoms with E-state index in [4.69, 9.17) is 23.2 Å². The lowest BCUT2D eigenvalue weighted by Crippen LogP contribution is -2.36. The Labute approximate surface area is 160 Å². The van der Waals surface area contributed by atoms with Crippen LogP contribution in [0.25, 0.3) is 0 Å². The second-order valence-corrected chi connectivity index (χ2v) is 8.00. The zero-order valence-electron chi connectivity index (χ0n) is 13.5. The molecule has 0 aromatic heterocycles. The molecule has 0 heterocycles. The quantitative estimate of drug-likeness (QED) is 0.579. The summed E-state index contributed by atoms with van der Waals surface area (Å²) < 4.78 is 38.4. The molecule has 0 saturated carbocycles. The summed E-state index contributed by atoms with van der Waals surface area (Å²) in [6.45, 7) is -0.479. The van der Waals surface area contributed by atoms with Crippen molar-refractivity contribution in [2.45, 2.75) is 4.90 Å². The number of hydrogen-bond acceptors (Lipinski definition) is 4. The van der Waals surface area contributed by atoms with Gasteiger partial charge >= 0.3 is 0 Å². The van der Waals surface area contributed by atoms with Crippen LogP contribution in [0.2, 0.25) is 10.0 Å². The van der Waals surface area contributed by atoms with Gasteiger partial charge in [0.25, 0.3) is 5.91 Å². The van der Waals surface area contributed by atoms with Gasteiger partial charge in [0.05, 0.1) is 27.7 Å². The van der Waals surface area contributed by atoms with Gasteiger partial charge in [-0.15, -0.1) is 0 Å². The number of carbonyl (C=O) groups excluding carboxylic acids is 1. The first kappa shape index (κ1) is 20.3. The highest BCUT2D eigenvalue weighted by molar-refractivity contribution is 7.89. The molecule has 10 heteroatoms. The van der Waals surface area contributed by atoms with Crippen LogP contribution in [0.1, 0.15) is 5.56 Å². The molecule has 0 aliphatic rings. The lowest BCUT2D eigenvalue weighted by atomic mass is 10.2. The van der Waals surface area contributed by atoms with E-state index in [9.17, 15) is 17.6 Å². The Hall–Kier alpha value is -2.00. The summed E-state index contributed by atoms with van der Waals surface area (Å²) in [5.74, 6) is -1.23. The molecule has 1 amide bonds. The van der Waals surface area contributed by atoms with Crippen LogP contribution in [-0.4, -0.2) is 38.4 Å². The van der Waals surface area contributed by atoms with Gasteiger partial charge in [0.1, 0.15) is 5.82 Å². The average molecular weight is 418 g/mol. The number of nitrogens with one attached hydrogen (secondary N) is 1. The van der Waals surface area contributed by atoms with Crippen molar-refractivity contribution in [3.63, 3.8) is 0 Å². The topological polar surface area (TPSA) is 78.8 Å². The standard InChI is InChI=1S/C16H14Cl2FN3O3S/c1-22(26(24,25)12-7-5-11(19)6-8-12)10-16(23)21-20-9-13-14(17)3-2-4-15(13)18/h2-9H,10H2,1H3,(H,21,23)/b20-9-. The zero-order chi connectivity index (χ0) is 19.3. The molecule has 1 N–H and O–H groups in total. The Balaban J connectivity index is 2.01. The van der Waals surface area contributed by atoms with Gasteiger partial charge in [-0.3, -0.25) is 4.79 Å². The number of sulfonamides is 1. The first-order valence-corrected chi connectivity index (χ1v) is 9.39. The lowest BCUT2D eigenvalue weighted by molar-refractivity contribution is -0.121. The minimum atomic E-state index is -3.93. The van der Waals surface area contributed by atoms with E-state index < -0.39 is 28.3 Å². The van der Waals surface area contributed by atoms with Crippen LogP contribution in [-0.2, 0) is 14.8 Å². The first-order chi connectivity index (χ1) is 12.2. The van der Waals surface area contributed by atoms with Crippen molar-refractivity contribution in [2.75, 3.05) is 13.6 Å². The SMILES string of the molecule is CN(CC(=O)N/N=C\c1c(Cl)cccc1Cl)S(=O)(=O)c1ccc(F)cc1. The molecule has 0 radical (unpaired) electrons. The van der Waals surface area contributed by atoms with Gasteiger partial charge in [-0.1, -0.05) is 29.3 Å². The molecule has 0 saturated heterocycles. The third-order valence-electron chi connectivity index (χ3n) is 3.27. The van der Waals surface area contributed by atoms with E-state index in [2.05, 4.69) is 10.5 Å². The van der Waals surface area contributed by atoms with E-state index >= 15 is 0 Å². The van der Waals surface area contributed by atoms with Crippen LogP contribution in [0, 0.1) is 5.82 Å². The number of carbonyl (C=O) groups is 1. The van der Waals surface area contributed by atoms with E-state index in [1.807, 2.05) is 0 Å². The number of benzene rings is 2. The maximum atomic E-state index is 12.9. The molecule has 0 fully saturated rings. The van der Waals surface area contributed by atoms with E-state index in [1.54, 1.807) is 18.2 Å². The number of rotatable bonds is 6. The smallest absolute Gasteiger partial charge is 0.255 e. The van der Waals surface area contributed by atoms with Crippen molar-refractivity contribution >= 4 is 45.3 Å². The van der Waals surface area contributed by atoms with Gasteiger partial charge in [0.15, 0.2) is 0 Å². The molecule has 0 aliphatic carbocycles. The minimum Gasteiger partial charge on any atom is -0.272 e. The van der Waals surface area contributed by atoms with Crippen molar-refractivity contribution in [1.29, 1.82) is 0 Å². The number of likely N-dealkylation sites (N-methyl/N-ethyl adjacent to an activating group) is 1. The molecular weight excluding hydrogens is 404 g/mol. The molecule has 2 aromatic carbocycles. The van der Waals surface area contributed by atoms with Crippen LogP contribution >= 0.6 is 23.2 Å². The summed E-state index contributed by atoms with van der Waals surface area (Å²) in [5, 5.41) is 4.42. The van der Waals surface area contributed by atoms with Crippen molar-refractivity contribution < 1.29 is 17.6 Å². The monoisotopic (exact) mass is 417 g/mol. The van der Waals surface area contributed by atoms with E-state index in [0.717, 1.165) is 28.6 Å². The largest absolute Gasteiger partial charge is 0.272 e. The Morgan fingerprint density at radius 1 is 1.19 bits per heavy atom. The van der Waals surface area contributed by atoms with Crippen LogP contribution in [0.15, 0.2) is 52.5 Å². The number of hydrogen-bond donors (Lipinski definition) is 1. The van der Waals surface area contributed by atoms with Crippen molar-refractivity contribution in [2.24, 2.45) is 5.10 Å². The van der Waals surface area contributed by atoms with E-state index in [1.165, 1.54) is 13.3 Å². The number of nitrogens with zero attached hydrogens (tertiary/aromatic N) is 2. The summed E-state index contributed by atoms with van der Waals surface area (Å²) in [7, 11) is -2.70. The summed E-state index contributed by atoms with van der Waals surface area (Å²) in [4.78, 5) is 11.8. The zero-order valence-corrected chi connectivity index (χ0v) is 15.8. The van der Waals surface area contributed by atoms with Gasteiger partial charge < -0.3 is 0 Å². The summed E-state index contributed by atoms with van der Waals surface area (Å²) in [6, 6.07) is 9.18. The molecular formula is C16H14Cl2FN3O3S. The van der Waals surface area contributed by atoms with Gasteiger partial charge in [-0.25, -0.2) is 18.2 Å². The summed E-state index contributed by atoms with van der Waals surface area (Å²) >= 11 is 11.9. The third-order valence-corrected chi connectivity index (χ3v) is 5.75. The fourth-order valence-electron chi connectivity index (χ4n) is 1.91. The molecule has 0 bridgehead atoms. The molecule has 0 atom stereocenters.